The van der Waals surface area contributed by atoms with Gasteiger partial charge < -0.3 is 15.2 Å². The SMILES string of the molecule is C=C(NCCOCC)C(=O)O. The molecule has 0 aromatic heterocycles. The van der Waals surface area contributed by atoms with Gasteiger partial charge in [-0.15, -0.1) is 0 Å². The Labute approximate surface area is 65.9 Å². The Morgan fingerprint density at radius 2 is 2.36 bits per heavy atom. The van der Waals surface area contributed by atoms with Gasteiger partial charge in [0.15, 0.2) is 0 Å². The van der Waals surface area contributed by atoms with Crippen LogP contribution in [0.2, 0.25) is 0 Å². The summed E-state index contributed by atoms with van der Waals surface area (Å²) >= 11 is 0. The molecule has 0 heterocycles. The van der Waals surface area contributed by atoms with Gasteiger partial charge in [-0.3, -0.25) is 0 Å². The van der Waals surface area contributed by atoms with Crippen LogP contribution in [-0.4, -0.2) is 30.8 Å². The van der Waals surface area contributed by atoms with Gasteiger partial charge in [-0.05, 0) is 6.92 Å². The van der Waals surface area contributed by atoms with Crippen LogP contribution >= 0.6 is 0 Å². The highest BCUT2D eigenvalue weighted by atomic mass is 16.5. The second kappa shape index (κ2) is 5.73. The molecular formula is C7H13NO3. The smallest absolute Gasteiger partial charge is 0.351 e. The molecule has 0 amide bonds. The van der Waals surface area contributed by atoms with Crippen molar-refractivity contribution in [3.63, 3.8) is 0 Å². The molecule has 0 atom stereocenters. The van der Waals surface area contributed by atoms with E-state index in [0.29, 0.717) is 19.8 Å². The molecule has 0 spiro atoms. The summed E-state index contributed by atoms with van der Waals surface area (Å²) in [6.07, 6.45) is 0. The molecule has 0 aromatic rings. The third-order valence-electron chi connectivity index (χ3n) is 1.05. The summed E-state index contributed by atoms with van der Waals surface area (Å²) in [7, 11) is 0. The summed E-state index contributed by atoms with van der Waals surface area (Å²) in [5, 5.41) is 10.9. The minimum absolute atomic E-state index is 0.00435. The molecule has 2 N–H and O–H groups in total. The number of nitrogens with one attached hydrogen (secondary N) is 1. The van der Waals surface area contributed by atoms with Crippen LogP contribution in [0.5, 0.6) is 0 Å². The van der Waals surface area contributed by atoms with E-state index >= 15 is 0 Å². The van der Waals surface area contributed by atoms with Crippen LogP contribution < -0.4 is 5.32 Å². The molecule has 0 saturated heterocycles. The molecule has 0 aromatic carbocycles. The third-order valence-corrected chi connectivity index (χ3v) is 1.05. The van der Waals surface area contributed by atoms with Gasteiger partial charge in [-0.1, -0.05) is 6.58 Å². The predicted molar refractivity (Wildman–Crippen MR) is 41.3 cm³/mol. The van der Waals surface area contributed by atoms with Crippen molar-refractivity contribution in [2.24, 2.45) is 0 Å². The Bertz CT molecular complexity index is 145. The quantitative estimate of drug-likeness (QED) is 0.429. The molecule has 0 bridgehead atoms. The number of aliphatic carboxylic acids is 1. The van der Waals surface area contributed by atoms with Crippen molar-refractivity contribution in [3.05, 3.63) is 12.3 Å². The summed E-state index contributed by atoms with van der Waals surface area (Å²) in [6.45, 7) is 6.79. The Hall–Kier alpha value is -1.03. The summed E-state index contributed by atoms with van der Waals surface area (Å²) in [5.41, 5.74) is 0.00435. The van der Waals surface area contributed by atoms with Gasteiger partial charge in [0.05, 0.1) is 6.61 Å². The lowest BCUT2D eigenvalue weighted by Crippen LogP contribution is -2.23. The van der Waals surface area contributed by atoms with E-state index in [-0.39, 0.29) is 5.70 Å². The first-order chi connectivity index (χ1) is 5.18. The second-order valence-corrected chi connectivity index (χ2v) is 1.91. The van der Waals surface area contributed by atoms with Gasteiger partial charge in [0.2, 0.25) is 0 Å². The molecular weight excluding hydrogens is 146 g/mol. The Balaban J connectivity index is 3.25. The lowest BCUT2D eigenvalue weighted by molar-refractivity contribution is -0.133. The first-order valence-electron chi connectivity index (χ1n) is 3.42. The number of rotatable bonds is 6. The Kier molecular flexibility index (Phi) is 5.20. The van der Waals surface area contributed by atoms with E-state index < -0.39 is 5.97 Å². The van der Waals surface area contributed by atoms with Gasteiger partial charge >= 0.3 is 5.97 Å². The molecule has 0 aliphatic heterocycles. The van der Waals surface area contributed by atoms with Crippen LogP contribution in [0.25, 0.3) is 0 Å². The molecule has 11 heavy (non-hydrogen) atoms. The number of carboxylic acid groups (broad SMARTS) is 1. The van der Waals surface area contributed by atoms with E-state index in [9.17, 15) is 4.79 Å². The maximum atomic E-state index is 10.2. The molecule has 4 heteroatoms. The van der Waals surface area contributed by atoms with Crippen molar-refractivity contribution in [3.8, 4) is 0 Å². The van der Waals surface area contributed by atoms with Crippen molar-refractivity contribution < 1.29 is 14.6 Å². The van der Waals surface area contributed by atoms with Crippen molar-refractivity contribution in [2.75, 3.05) is 19.8 Å². The average molecular weight is 159 g/mol. The Morgan fingerprint density at radius 3 is 2.82 bits per heavy atom. The highest BCUT2D eigenvalue weighted by molar-refractivity contribution is 5.84. The minimum atomic E-state index is -1.03. The largest absolute Gasteiger partial charge is 0.477 e. The lowest BCUT2D eigenvalue weighted by Gasteiger charge is -2.04. The minimum Gasteiger partial charge on any atom is -0.477 e. The molecule has 0 rings (SSSR count). The number of ether oxygens (including phenoxy) is 1. The maximum absolute atomic E-state index is 10.2. The fourth-order valence-corrected chi connectivity index (χ4v) is 0.494. The van der Waals surface area contributed by atoms with Gasteiger partial charge in [-0.25, -0.2) is 4.79 Å². The molecule has 0 radical (unpaired) electrons. The zero-order valence-electron chi connectivity index (χ0n) is 6.59. The van der Waals surface area contributed by atoms with Gasteiger partial charge in [0.25, 0.3) is 0 Å². The molecule has 0 aliphatic carbocycles. The highest BCUT2D eigenvalue weighted by Crippen LogP contribution is 1.81. The van der Waals surface area contributed by atoms with Gasteiger partial charge in [0, 0.05) is 13.2 Å². The summed E-state index contributed by atoms with van der Waals surface area (Å²) < 4.78 is 4.97. The number of hydrogen-bond acceptors (Lipinski definition) is 3. The normalized spacial score (nSPS) is 9.18. The molecule has 0 aliphatic rings. The number of carbonyl (C=O) groups is 1. The fraction of sp³-hybridized carbons (Fsp3) is 0.571. The van der Waals surface area contributed by atoms with Gasteiger partial charge in [0.1, 0.15) is 5.70 Å². The highest BCUT2D eigenvalue weighted by Gasteiger charge is 2.00. The van der Waals surface area contributed by atoms with Gasteiger partial charge in [-0.2, -0.15) is 0 Å². The van der Waals surface area contributed by atoms with E-state index in [2.05, 4.69) is 11.9 Å². The fourth-order valence-electron chi connectivity index (χ4n) is 0.494. The van der Waals surface area contributed by atoms with Crippen molar-refractivity contribution in [1.82, 2.24) is 5.32 Å². The monoisotopic (exact) mass is 159 g/mol. The molecule has 0 unspecified atom stereocenters. The van der Waals surface area contributed by atoms with Crippen LogP contribution in [0, 0.1) is 0 Å². The summed E-state index contributed by atoms with van der Waals surface area (Å²) in [4.78, 5) is 10.2. The van der Waals surface area contributed by atoms with Crippen LogP contribution in [0.3, 0.4) is 0 Å². The van der Waals surface area contributed by atoms with E-state index in [1.165, 1.54) is 0 Å². The molecule has 64 valence electrons. The van der Waals surface area contributed by atoms with Crippen molar-refractivity contribution >= 4 is 5.97 Å². The summed E-state index contributed by atoms with van der Waals surface area (Å²) in [5.74, 6) is -1.03. The first-order valence-corrected chi connectivity index (χ1v) is 3.42. The average Bonchev–Trinajstić information content (AvgIpc) is 1.97. The maximum Gasteiger partial charge on any atom is 0.351 e. The third kappa shape index (κ3) is 5.42. The molecule has 0 fully saturated rings. The van der Waals surface area contributed by atoms with Crippen molar-refractivity contribution in [2.45, 2.75) is 6.92 Å². The van der Waals surface area contributed by atoms with E-state index in [1.54, 1.807) is 0 Å². The predicted octanol–water partition coefficient (Wildman–Crippen LogP) is 0.211. The van der Waals surface area contributed by atoms with Crippen molar-refractivity contribution in [1.29, 1.82) is 0 Å². The van der Waals surface area contributed by atoms with Crippen LogP contribution in [0.4, 0.5) is 0 Å². The van der Waals surface area contributed by atoms with E-state index in [1.807, 2.05) is 6.92 Å². The zero-order chi connectivity index (χ0) is 8.69. The van der Waals surface area contributed by atoms with Crippen LogP contribution in [0.1, 0.15) is 6.92 Å². The zero-order valence-corrected chi connectivity index (χ0v) is 6.59. The second-order valence-electron chi connectivity index (χ2n) is 1.91. The number of carboxylic acids is 1. The molecule has 4 nitrogen and oxygen atoms in total. The lowest BCUT2D eigenvalue weighted by atomic mass is 10.5. The first kappa shape index (κ1) is 9.97. The Morgan fingerprint density at radius 1 is 1.73 bits per heavy atom. The summed E-state index contributed by atoms with van der Waals surface area (Å²) in [6, 6.07) is 0. The standard InChI is InChI=1S/C7H13NO3/c1-3-11-5-4-8-6(2)7(9)10/h8H,2-5H2,1H3,(H,9,10). The topological polar surface area (TPSA) is 58.6 Å². The van der Waals surface area contributed by atoms with Crippen LogP contribution in [0.15, 0.2) is 12.3 Å². The molecule has 0 saturated carbocycles. The number of hydrogen-bond donors (Lipinski definition) is 2. The van der Waals surface area contributed by atoms with E-state index in [0.717, 1.165) is 0 Å². The van der Waals surface area contributed by atoms with E-state index in [4.69, 9.17) is 9.84 Å². The van der Waals surface area contributed by atoms with Crippen LogP contribution in [-0.2, 0) is 9.53 Å².